The van der Waals surface area contributed by atoms with Crippen LogP contribution < -0.4 is 11.1 Å². The van der Waals surface area contributed by atoms with Gasteiger partial charge >= 0.3 is 0 Å². The van der Waals surface area contributed by atoms with Crippen LogP contribution in [0.2, 0.25) is 0 Å². The Hall–Kier alpha value is -1.82. The number of nitrogen functional groups attached to an aromatic ring is 1. The summed E-state index contributed by atoms with van der Waals surface area (Å²) in [6.45, 7) is 2.57. The van der Waals surface area contributed by atoms with E-state index in [9.17, 15) is 4.79 Å². The van der Waals surface area contributed by atoms with Gasteiger partial charge in [0.15, 0.2) is 0 Å². The number of amides is 1. The van der Waals surface area contributed by atoms with Crippen LogP contribution in [0.25, 0.3) is 0 Å². The summed E-state index contributed by atoms with van der Waals surface area (Å²) >= 11 is 3.31. The third-order valence-corrected chi connectivity index (χ3v) is 3.35. The van der Waals surface area contributed by atoms with Crippen LogP contribution >= 0.6 is 15.9 Å². The molecule has 2 aromatic rings. The van der Waals surface area contributed by atoms with Crippen LogP contribution in [0.4, 0.5) is 5.69 Å². The third kappa shape index (κ3) is 3.57. The first-order valence-electron chi connectivity index (χ1n) is 5.89. The molecule has 1 amide bonds. The summed E-state index contributed by atoms with van der Waals surface area (Å²) in [6, 6.07) is 6.97. The summed E-state index contributed by atoms with van der Waals surface area (Å²) in [6.07, 6.45) is 3.58. The number of hydrogen-bond acceptors (Lipinski definition) is 3. The largest absolute Gasteiger partial charge is 0.398 e. The molecule has 0 bridgehead atoms. The molecule has 0 aliphatic heterocycles. The first kappa shape index (κ1) is 13.6. The highest BCUT2D eigenvalue weighted by molar-refractivity contribution is 9.10. The third-order valence-electron chi connectivity index (χ3n) is 2.66. The van der Waals surface area contributed by atoms with Crippen LogP contribution in [0, 0.1) is 0 Å². The van der Waals surface area contributed by atoms with Crippen LogP contribution in [0.5, 0.6) is 0 Å². The maximum absolute atomic E-state index is 12.0. The Morgan fingerprint density at radius 2 is 2.37 bits per heavy atom. The van der Waals surface area contributed by atoms with Gasteiger partial charge in [0, 0.05) is 34.2 Å². The van der Waals surface area contributed by atoms with Gasteiger partial charge < -0.3 is 11.1 Å². The highest BCUT2D eigenvalue weighted by atomic mass is 79.9. The van der Waals surface area contributed by atoms with E-state index < -0.39 is 0 Å². The van der Waals surface area contributed by atoms with Crippen molar-refractivity contribution in [2.75, 3.05) is 5.73 Å². The number of nitrogens with two attached hydrogens (primary N) is 1. The fourth-order valence-electron chi connectivity index (χ4n) is 1.71. The van der Waals surface area contributed by atoms with Crippen molar-refractivity contribution in [2.24, 2.45) is 0 Å². The van der Waals surface area contributed by atoms with E-state index >= 15 is 0 Å². The molecular formula is C13H15BrN4O. The maximum Gasteiger partial charge on any atom is 0.251 e. The Bertz CT molecular complexity index is 568. The Morgan fingerprint density at radius 1 is 1.58 bits per heavy atom. The molecule has 3 N–H and O–H groups in total. The van der Waals surface area contributed by atoms with Crippen LogP contribution in [0.15, 0.2) is 41.1 Å². The van der Waals surface area contributed by atoms with Gasteiger partial charge in [-0.1, -0.05) is 0 Å². The SMILES string of the molecule is CC(Cn1cccn1)NC(=O)c1ccc(N)c(Br)c1. The van der Waals surface area contributed by atoms with Crippen molar-refractivity contribution in [3.63, 3.8) is 0 Å². The van der Waals surface area contributed by atoms with E-state index in [4.69, 9.17) is 5.73 Å². The number of nitrogens with one attached hydrogen (secondary N) is 1. The number of rotatable bonds is 4. The van der Waals surface area contributed by atoms with E-state index in [-0.39, 0.29) is 11.9 Å². The molecule has 0 radical (unpaired) electrons. The van der Waals surface area contributed by atoms with Gasteiger partial charge in [-0.05, 0) is 47.1 Å². The normalized spacial score (nSPS) is 12.1. The van der Waals surface area contributed by atoms with Gasteiger partial charge in [-0.2, -0.15) is 5.10 Å². The molecule has 1 atom stereocenters. The monoisotopic (exact) mass is 322 g/mol. The second-order valence-electron chi connectivity index (χ2n) is 4.34. The topological polar surface area (TPSA) is 72.9 Å². The second kappa shape index (κ2) is 5.88. The summed E-state index contributed by atoms with van der Waals surface area (Å²) in [5, 5.41) is 7.02. The Balaban J connectivity index is 1.98. The zero-order chi connectivity index (χ0) is 13.8. The number of hydrogen-bond donors (Lipinski definition) is 2. The summed E-state index contributed by atoms with van der Waals surface area (Å²) in [5.74, 6) is -0.125. The van der Waals surface area contributed by atoms with E-state index in [1.165, 1.54) is 0 Å². The summed E-state index contributed by atoms with van der Waals surface area (Å²) in [5.41, 5.74) is 6.88. The van der Waals surface area contributed by atoms with Gasteiger partial charge in [0.25, 0.3) is 5.91 Å². The van der Waals surface area contributed by atoms with E-state index in [0.29, 0.717) is 17.8 Å². The van der Waals surface area contributed by atoms with Crippen molar-refractivity contribution in [3.05, 3.63) is 46.7 Å². The highest BCUT2D eigenvalue weighted by Gasteiger charge is 2.11. The average Bonchev–Trinajstić information content (AvgIpc) is 2.85. The Labute approximate surface area is 119 Å². The molecule has 0 aliphatic rings. The molecule has 0 spiro atoms. The molecule has 1 heterocycles. The maximum atomic E-state index is 12.0. The fraction of sp³-hybridized carbons (Fsp3) is 0.231. The van der Waals surface area contributed by atoms with Crippen molar-refractivity contribution in [1.29, 1.82) is 0 Å². The number of aromatic nitrogens is 2. The first-order valence-corrected chi connectivity index (χ1v) is 6.69. The number of benzene rings is 1. The average molecular weight is 323 g/mol. The standard InChI is InChI=1S/C13H15BrN4O/c1-9(8-18-6-2-5-16-18)17-13(19)10-3-4-12(15)11(14)7-10/h2-7,9H,8,15H2,1H3,(H,17,19). The quantitative estimate of drug-likeness (QED) is 0.846. The molecular weight excluding hydrogens is 308 g/mol. The van der Waals surface area contributed by atoms with Crippen LogP contribution in [-0.2, 0) is 6.54 Å². The Morgan fingerprint density at radius 3 is 3.00 bits per heavy atom. The van der Waals surface area contributed by atoms with Crippen molar-refractivity contribution in [3.8, 4) is 0 Å². The minimum absolute atomic E-state index is 0.0104. The van der Waals surface area contributed by atoms with Crippen molar-refractivity contribution < 1.29 is 4.79 Å². The predicted octanol–water partition coefficient (Wildman–Crippen LogP) is 2.05. The lowest BCUT2D eigenvalue weighted by atomic mass is 10.2. The molecule has 0 saturated heterocycles. The number of carbonyl (C=O) groups is 1. The molecule has 0 aliphatic carbocycles. The van der Waals surface area contributed by atoms with Gasteiger partial charge in [-0.15, -0.1) is 0 Å². The number of halogens is 1. The van der Waals surface area contributed by atoms with Crippen LogP contribution in [-0.4, -0.2) is 21.7 Å². The number of nitrogens with zero attached hydrogens (tertiary/aromatic N) is 2. The summed E-state index contributed by atoms with van der Waals surface area (Å²) in [4.78, 5) is 12.0. The lowest BCUT2D eigenvalue weighted by Crippen LogP contribution is -2.35. The molecule has 0 saturated carbocycles. The second-order valence-corrected chi connectivity index (χ2v) is 5.19. The van der Waals surface area contributed by atoms with E-state index in [0.717, 1.165) is 4.47 Å². The number of carbonyl (C=O) groups excluding carboxylic acids is 1. The predicted molar refractivity (Wildman–Crippen MR) is 77.7 cm³/mol. The molecule has 6 heteroatoms. The fourth-order valence-corrected chi connectivity index (χ4v) is 2.09. The molecule has 5 nitrogen and oxygen atoms in total. The van der Waals surface area contributed by atoms with Crippen molar-refractivity contribution >= 4 is 27.5 Å². The smallest absolute Gasteiger partial charge is 0.251 e. The lowest BCUT2D eigenvalue weighted by molar-refractivity contribution is 0.0936. The summed E-state index contributed by atoms with van der Waals surface area (Å²) in [7, 11) is 0. The zero-order valence-corrected chi connectivity index (χ0v) is 12.1. The van der Waals surface area contributed by atoms with Gasteiger partial charge in [0.1, 0.15) is 0 Å². The Kier molecular flexibility index (Phi) is 4.21. The molecule has 1 aromatic carbocycles. The minimum Gasteiger partial charge on any atom is -0.398 e. The van der Waals surface area contributed by atoms with Crippen LogP contribution in [0.3, 0.4) is 0 Å². The minimum atomic E-state index is -0.125. The van der Waals surface area contributed by atoms with Gasteiger partial charge in [-0.3, -0.25) is 9.48 Å². The van der Waals surface area contributed by atoms with E-state index in [2.05, 4.69) is 26.3 Å². The molecule has 19 heavy (non-hydrogen) atoms. The van der Waals surface area contributed by atoms with E-state index in [1.54, 1.807) is 29.1 Å². The zero-order valence-electron chi connectivity index (χ0n) is 10.5. The van der Waals surface area contributed by atoms with Gasteiger partial charge in [0.05, 0.1) is 6.54 Å². The molecule has 100 valence electrons. The van der Waals surface area contributed by atoms with Gasteiger partial charge in [-0.25, -0.2) is 0 Å². The van der Waals surface area contributed by atoms with Gasteiger partial charge in [0.2, 0.25) is 0 Å². The highest BCUT2D eigenvalue weighted by Crippen LogP contribution is 2.20. The number of anilines is 1. The van der Waals surface area contributed by atoms with Crippen molar-refractivity contribution in [2.45, 2.75) is 19.5 Å². The first-order chi connectivity index (χ1) is 9.06. The van der Waals surface area contributed by atoms with Crippen molar-refractivity contribution in [1.82, 2.24) is 15.1 Å². The lowest BCUT2D eigenvalue weighted by Gasteiger charge is -2.14. The molecule has 1 unspecified atom stereocenters. The molecule has 0 fully saturated rings. The van der Waals surface area contributed by atoms with Crippen LogP contribution in [0.1, 0.15) is 17.3 Å². The molecule has 1 aromatic heterocycles. The van der Waals surface area contributed by atoms with E-state index in [1.807, 2.05) is 19.2 Å². The summed E-state index contributed by atoms with van der Waals surface area (Å²) < 4.78 is 2.50. The molecule has 2 rings (SSSR count).